The molecule has 5 aliphatic heterocycles. The zero-order chi connectivity index (χ0) is 43.0. The number of esters is 1. The second-order valence-electron chi connectivity index (χ2n) is 14.8. The second-order valence-corrected chi connectivity index (χ2v) is 15.0. The molecule has 300 valence electrons. The molecule has 0 radical (unpaired) electrons. The third-order valence-corrected chi connectivity index (χ3v) is 11.9. The Hall–Kier alpha value is -6.67. The van der Waals surface area contributed by atoms with Crippen LogP contribution < -0.4 is 18.9 Å². The monoisotopic (exact) mass is 818 g/mol. The first-order valence-electron chi connectivity index (χ1n) is 20.5. The van der Waals surface area contributed by atoms with Crippen molar-refractivity contribution < 1.29 is 47.0 Å². The number of rotatable bonds is 4. The maximum Gasteiger partial charge on any atom is 0.328 e. The number of aromatic amines is 2. The predicted octanol–water partition coefficient (Wildman–Crippen LogP) is 5.36. The first-order valence-corrected chi connectivity index (χ1v) is 19.5. The van der Waals surface area contributed by atoms with Gasteiger partial charge in [-0.2, -0.15) is 0 Å². The Balaban J connectivity index is 0.000000148. The minimum atomic E-state index is -2.67. The Labute approximate surface area is 346 Å². The number of carbonyl (C=O) groups is 4. The van der Waals surface area contributed by atoms with Crippen molar-refractivity contribution in [2.75, 3.05) is 40.1 Å². The SMILES string of the molecule is COC(=O)[C@H]1Cc2c([nH]c3ccccc23)[C@@H](c2ccc3c(c2)OCO3)N1C(=O)CCl.[2H]C([2H])([2H])N1CC(=O)N2[C@H](c3ccc4c(c3)OCO4)c3[nH]c4ccccc4c3C[C@@H]2C1=O. The van der Waals surface area contributed by atoms with Crippen molar-refractivity contribution in [1.82, 2.24) is 24.7 Å². The summed E-state index contributed by atoms with van der Waals surface area (Å²) in [6, 6.07) is 23.8. The van der Waals surface area contributed by atoms with Gasteiger partial charge in [0.05, 0.1) is 25.7 Å². The highest BCUT2D eigenvalue weighted by molar-refractivity contribution is 6.27. The van der Waals surface area contributed by atoms with E-state index in [9.17, 15) is 19.2 Å². The number of ether oxygens (including phenoxy) is 5. The number of hydrogen-bond acceptors (Lipinski definition) is 9. The summed E-state index contributed by atoms with van der Waals surface area (Å²) in [7, 11) is 1.33. The van der Waals surface area contributed by atoms with Crippen molar-refractivity contribution in [3.63, 3.8) is 0 Å². The third kappa shape index (κ3) is 5.91. The molecule has 5 aliphatic rings. The van der Waals surface area contributed by atoms with Gasteiger partial charge < -0.3 is 48.4 Å². The Kier molecular flexibility index (Phi) is 8.08. The maximum absolute atomic E-state index is 13.3. The molecular weight excluding hydrogens is 778 g/mol. The van der Waals surface area contributed by atoms with Gasteiger partial charge in [0.2, 0.25) is 31.3 Å². The Morgan fingerprint density at radius 2 is 1.34 bits per heavy atom. The molecule has 0 unspecified atom stereocenters. The zero-order valence-electron chi connectivity index (χ0n) is 34.5. The quantitative estimate of drug-likeness (QED) is 0.177. The van der Waals surface area contributed by atoms with Gasteiger partial charge in [-0.15, -0.1) is 11.6 Å². The summed E-state index contributed by atoms with van der Waals surface area (Å²) in [4.78, 5) is 62.9. The maximum atomic E-state index is 13.3. The van der Waals surface area contributed by atoms with E-state index in [-0.39, 0.29) is 31.8 Å². The lowest BCUT2D eigenvalue weighted by molar-refractivity contribution is -0.157. The van der Waals surface area contributed by atoms with Gasteiger partial charge in [-0.05, 0) is 58.7 Å². The van der Waals surface area contributed by atoms with Crippen molar-refractivity contribution >= 4 is 57.1 Å². The van der Waals surface area contributed by atoms with Gasteiger partial charge in [0.25, 0.3) is 0 Å². The second kappa shape index (κ2) is 14.3. The molecule has 1 saturated heterocycles. The summed E-state index contributed by atoms with van der Waals surface area (Å²) in [5.74, 6) is 0.395. The van der Waals surface area contributed by atoms with Gasteiger partial charge in [-0.1, -0.05) is 48.5 Å². The molecule has 3 amide bonds. The van der Waals surface area contributed by atoms with E-state index in [1.54, 1.807) is 6.07 Å². The molecule has 2 aromatic heterocycles. The molecule has 59 heavy (non-hydrogen) atoms. The number of aromatic nitrogens is 2. The standard InChI is InChI=1S/C22H19ClN2O5.C22H19N3O4/c1-28-22(27)16-9-14-13-4-2-3-5-15(13)24-20(14)21(25(16)19(26)10-23)12-6-7-17-18(8-12)30-11-29-17;1-24-10-19(26)25-16(22(24)27)9-14-13-4-2-3-5-15(13)23-20(14)21(25)12-6-7-17-18(8-12)29-11-28-17/h2-8,16,21,24H,9-11H2,1H3;2-8,16,21,23H,9-11H2,1H3/t2*16-,21-/m11/s1/i;1D3. The molecule has 4 aromatic carbocycles. The van der Waals surface area contributed by atoms with Crippen LogP contribution in [0.1, 0.15) is 49.8 Å². The van der Waals surface area contributed by atoms with E-state index in [0.717, 1.165) is 55.4 Å². The molecule has 0 aliphatic carbocycles. The lowest BCUT2D eigenvalue weighted by Crippen LogP contribution is -2.62. The molecule has 0 saturated carbocycles. The number of para-hydroxylation sites is 2. The number of H-pyrrole nitrogens is 2. The van der Waals surface area contributed by atoms with Crippen LogP contribution in [0.2, 0.25) is 0 Å². The number of carbonyl (C=O) groups excluding carboxylic acids is 4. The Morgan fingerprint density at radius 3 is 1.93 bits per heavy atom. The minimum Gasteiger partial charge on any atom is -0.467 e. The number of likely N-dealkylation sites (N-methyl/N-ethyl adjacent to an activating group) is 1. The average molecular weight is 819 g/mol. The van der Waals surface area contributed by atoms with E-state index in [1.165, 1.54) is 16.9 Å². The van der Waals surface area contributed by atoms with E-state index < -0.39 is 55.5 Å². The number of nitrogens with zero attached hydrogens (tertiary/aromatic N) is 3. The molecule has 14 nitrogen and oxygen atoms in total. The number of piperazine rings is 1. The highest BCUT2D eigenvalue weighted by Gasteiger charge is 2.48. The van der Waals surface area contributed by atoms with Gasteiger partial charge >= 0.3 is 5.97 Å². The molecule has 7 heterocycles. The number of hydrogen-bond donors (Lipinski definition) is 2. The van der Waals surface area contributed by atoms with Crippen molar-refractivity contribution in [2.45, 2.75) is 37.0 Å². The van der Waals surface area contributed by atoms with Crippen molar-refractivity contribution in [3.05, 3.63) is 119 Å². The number of halogens is 1. The van der Waals surface area contributed by atoms with Gasteiger partial charge in [0.15, 0.2) is 23.0 Å². The molecule has 0 bridgehead atoms. The lowest BCUT2D eigenvalue weighted by Gasteiger charge is -2.46. The van der Waals surface area contributed by atoms with Crippen LogP contribution in [0.5, 0.6) is 23.0 Å². The molecule has 0 spiro atoms. The highest BCUT2D eigenvalue weighted by atomic mass is 35.5. The summed E-state index contributed by atoms with van der Waals surface area (Å²) in [5, 5.41) is 1.98. The van der Waals surface area contributed by atoms with E-state index >= 15 is 0 Å². The zero-order valence-corrected chi connectivity index (χ0v) is 32.3. The molecule has 11 rings (SSSR count). The highest BCUT2D eigenvalue weighted by Crippen LogP contribution is 2.46. The number of methoxy groups -OCH3 is 1. The first-order chi connectivity index (χ1) is 29.9. The lowest BCUT2D eigenvalue weighted by atomic mass is 9.86. The summed E-state index contributed by atoms with van der Waals surface area (Å²) in [6.45, 7) is -2.88. The molecule has 1 fully saturated rings. The molecule has 4 atom stereocenters. The summed E-state index contributed by atoms with van der Waals surface area (Å²) in [5.41, 5.74) is 6.97. The fourth-order valence-electron chi connectivity index (χ4n) is 9.11. The normalized spacial score (nSPS) is 22.1. The van der Waals surface area contributed by atoms with Crippen LogP contribution >= 0.6 is 11.6 Å². The summed E-state index contributed by atoms with van der Waals surface area (Å²) < 4.78 is 50.2. The van der Waals surface area contributed by atoms with Crippen molar-refractivity contribution in [1.29, 1.82) is 0 Å². The summed E-state index contributed by atoms with van der Waals surface area (Å²) >= 11 is 5.95. The fourth-order valence-corrected chi connectivity index (χ4v) is 9.25. The van der Waals surface area contributed by atoms with Crippen molar-refractivity contribution in [2.24, 2.45) is 0 Å². The summed E-state index contributed by atoms with van der Waals surface area (Å²) in [6.07, 6.45) is 0.591. The number of fused-ring (bicyclic) bond motifs is 9. The molecule has 15 heteroatoms. The topological polar surface area (TPSA) is 156 Å². The van der Waals surface area contributed by atoms with E-state index in [1.807, 2.05) is 78.9 Å². The van der Waals surface area contributed by atoms with Crippen LogP contribution in [0.15, 0.2) is 84.9 Å². The van der Waals surface area contributed by atoms with Gasteiger partial charge in [0, 0.05) is 57.1 Å². The Morgan fingerprint density at radius 1 is 0.780 bits per heavy atom. The van der Waals surface area contributed by atoms with Crippen LogP contribution in [-0.4, -0.2) is 101 Å². The first kappa shape index (κ1) is 33.3. The number of nitrogens with one attached hydrogen (secondary N) is 2. The van der Waals surface area contributed by atoms with Crippen LogP contribution in [-0.2, 0) is 36.8 Å². The van der Waals surface area contributed by atoms with Crippen LogP contribution in [0.25, 0.3) is 21.8 Å². The van der Waals surface area contributed by atoms with Crippen LogP contribution in [0.4, 0.5) is 0 Å². The van der Waals surface area contributed by atoms with Gasteiger partial charge in [-0.3, -0.25) is 14.4 Å². The van der Waals surface area contributed by atoms with E-state index in [0.29, 0.717) is 34.3 Å². The molecule has 2 N–H and O–H groups in total. The average Bonchev–Trinajstić information content (AvgIpc) is 4.10. The third-order valence-electron chi connectivity index (χ3n) is 11.7. The smallest absolute Gasteiger partial charge is 0.328 e. The van der Waals surface area contributed by atoms with Crippen LogP contribution in [0, 0.1) is 0 Å². The number of amides is 3. The Bertz CT molecular complexity index is 2830. The number of benzene rings is 4. The minimum absolute atomic E-state index is 0.123. The molecular formula is C44H38ClN5O9. The largest absolute Gasteiger partial charge is 0.467 e. The van der Waals surface area contributed by atoms with Gasteiger partial charge in [-0.25, -0.2) is 4.79 Å². The van der Waals surface area contributed by atoms with Crippen molar-refractivity contribution in [3.8, 4) is 23.0 Å². The predicted molar refractivity (Wildman–Crippen MR) is 214 cm³/mol. The fraction of sp³-hybridized carbons (Fsp3) is 0.273. The van der Waals surface area contributed by atoms with E-state index in [4.69, 9.17) is 39.4 Å². The van der Waals surface area contributed by atoms with Gasteiger partial charge in [0.1, 0.15) is 18.0 Å². The molecule has 6 aromatic rings. The number of alkyl halides is 1. The van der Waals surface area contributed by atoms with Crippen LogP contribution in [0.3, 0.4) is 0 Å². The van der Waals surface area contributed by atoms with E-state index in [2.05, 4.69) is 9.97 Å².